The summed E-state index contributed by atoms with van der Waals surface area (Å²) >= 11 is 0. The van der Waals surface area contributed by atoms with Crippen LogP contribution in [0.15, 0.2) is 48.5 Å². The van der Waals surface area contributed by atoms with Crippen molar-refractivity contribution in [1.29, 1.82) is 0 Å². The maximum atomic E-state index is 13.8. The summed E-state index contributed by atoms with van der Waals surface area (Å²) in [6.45, 7) is 2.63. The second-order valence-electron chi connectivity index (χ2n) is 8.47. The summed E-state index contributed by atoms with van der Waals surface area (Å²) in [5.74, 6) is -1.77. The van der Waals surface area contributed by atoms with Gasteiger partial charge in [0.2, 0.25) is 17.7 Å². The van der Waals surface area contributed by atoms with Crippen molar-refractivity contribution in [1.82, 2.24) is 4.90 Å². The van der Waals surface area contributed by atoms with Gasteiger partial charge in [0.15, 0.2) is 0 Å². The van der Waals surface area contributed by atoms with E-state index in [2.05, 4.69) is 10.2 Å². The maximum absolute atomic E-state index is 13.8. The van der Waals surface area contributed by atoms with Crippen LogP contribution in [0.3, 0.4) is 0 Å². The van der Waals surface area contributed by atoms with E-state index in [0.717, 1.165) is 36.2 Å². The average Bonchev–Trinajstić information content (AvgIpc) is 3.41. The third-order valence-electron chi connectivity index (χ3n) is 7.26. The Bertz CT molecular complexity index is 1100. The van der Waals surface area contributed by atoms with Crippen molar-refractivity contribution in [3.8, 4) is 0 Å². The summed E-state index contributed by atoms with van der Waals surface area (Å²) in [5, 5.41) is 2.99. The quantitative estimate of drug-likeness (QED) is 0.763. The molecule has 6 heteroatoms. The van der Waals surface area contributed by atoms with Crippen LogP contribution < -0.4 is 10.2 Å². The van der Waals surface area contributed by atoms with Crippen LogP contribution in [-0.4, -0.2) is 35.2 Å². The smallest absolute Gasteiger partial charge is 0.250 e. The summed E-state index contributed by atoms with van der Waals surface area (Å²) in [4.78, 5) is 44.4. The number of amides is 3. The Morgan fingerprint density at radius 2 is 1.76 bits per heavy atom. The zero-order valence-electron chi connectivity index (χ0n) is 16.1. The molecule has 1 N–H and O–H groups in total. The second-order valence-corrected chi connectivity index (χ2v) is 8.47. The summed E-state index contributed by atoms with van der Waals surface area (Å²) in [6.07, 6.45) is 1.76. The Hall–Kier alpha value is -2.99. The van der Waals surface area contributed by atoms with Crippen molar-refractivity contribution in [2.75, 3.05) is 16.8 Å². The molecule has 4 heterocycles. The lowest BCUT2D eigenvalue weighted by Gasteiger charge is -2.36. The highest BCUT2D eigenvalue weighted by atomic mass is 16.2. The Balaban J connectivity index is 1.58. The number of hydrogen-bond acceptors (Lipinski definition) is 4. The Morgan fingerprint density at radius 1 is 1.00 bits per heavy atom. The first kappa shape index (κ1) is 16.9. The number of nitrogens with one attached hydrogen (secondary N) is 1. The molecule has 4 aliphatic heterocycles. The van der Waals surface area contributed by atoms with Gasteiger partial charge in [-0.3, -0.25) is 19.3 Å². The Kier molecular flexibility index (Phi) is 3.23. The number of carbonyl (C=O) groups excluding carboxylic acids is 3. The van der Waals surface area contributed by atoms with Gasteiger partial charge < -0.3 is 5.32 Å². The predicted octanol–water partition coefficient (Wildman–Crippen LogP) is 2.43. The normalized spacial score (nSPS) is 32.7. The molecule has 146 valence electrons. The number of rotatable bonds is 1. The molecule has 6 nitrogen and oxygen atoms in total. The molecule has 0 bridgehead atoms. The van der Waals surface area contributed by atoms with Crippen molar-refractivity contribution in [2.24, 2.45) is 11.8 Å². The van der Waals surface area contributed by atoms with Gasteiger partial charge in [0, 0.05) is 17.3 Å². The van der Waals surface area contributed by atoms with Crippen molar-refractivity contribution in [3.05, 3.63) is 59.7 Å². The van der Waals surface area contributed by atoms with E-state index in [0.29, 0.717) is 5.69 Å². The number of hydrogen-bond donors (Lipinski definition) is 1. The van der Waals surface area contributed by atoms with Crippen LogP contribution in [0, 0.1) is 18.8 Å². The first-order valence-corrected chi connectivity index (χ1v) is 10.2. The van der Waals surface area contributed by atoms with Crippen LogP contribution in [0.5, 0.6) is 0 Å². The monoisotopic (exact) mass is 387 g/mol. The molecule has 1 spiro atoms. The molecule has 4 aliphatic rings. The highest BCUT2D eigenvalue weighted by Gasteiger charge is 2.74. The third-order valence-corrected chi connectivity index (χ3v) is 7.26. The fourth-order valence-corrected chi connectivity index (χ4v) is 6.21. The number of aryl methyl sites for hydroxylation is 1. The first-order valence-electron chi connectivity index (χ1n) is 10.2. The molecule has 0 aromatic heterocycles. The minimum Gasteiger partial charge on any atom is -0.324 e. The molecule has 2 aromatic rings. The van der Waals surface area contributed by atoms with Crippen molar-refractivity contribution in [2.45, 2.75) is 31.3 Å². The van der Waals surface area contributed by atoms with Gasteiger partial charge in [0.1, 0.15) is 5.54 Å². The summed E-state index contributed by atoms with van der Waals surface area (Å²) < 4.78 is 0. The van der Waals surface area contributed by atoms with Gasteiger partial charge in [0.05, 0.1) is 17.5 Å². The second kappa shape index (κ2) is 5.54. The molecule has 3 amide bonds. The van der Waals surface area contributed by atoms with E-state index in [9.17, 15) is 14.4 Å². The molecule has 0 unspecified atom stereocenters. The predicted molar refractivity (Wildman–Crippen MR) is 107 cm³/mol. The molecule has 2 aromatic carbocycles. The zero-order valence-corrected chi connectivity index (χ0v) is 16.1. The van der Waals surface area contributed by atoms with Crippen molar-refractivity contribution in [3.63, 3.8) is 0 Å². The van der Waals surface area contributed by atoms with Gasteiger partial charge in [-0.25, -0.2) is 4.90 Å². The lowest BCUT2D eigenvalue weighted by Crippen LogP contribution is -2.54. The molecule has 0 aliphatic carbocycles. The van der Waals surface area contributed by atoms with E-state index in [1.807, 2.05) is 55.5 Å². The van der Waals surface area contributed by atoms with E-state index < -0.39 is 17.4 Å². The minimum atomic E-state index is -1.09. The number of carbonyl (C=O) groups is 3. The van der Waals surface area contributed by atoms with E-state index in [1.54, 1.807) is 0 Å². The highest BCUT2D eigenvalue weighted by molar-refractivity contribution is 6.26. The SMILES string of the molecule is Cc1ccccc1N1C(=O)[C@H]2[C@@H](C1=O)[C@]1(C(=O)Nc3ccccc31)N1CCC[C@@H]21. The van der Waals surface area contributed by atoms with E-state index in [-0.39, 0.29) is 23.8 Å². The van der Waals surface area contributed by atoms with Crippen LogP contribution in [0.1, 0.15) is 24.0 Å². The molecule has 3 fully saturated rings. The van der Waals surface area contributed by atoms with Gasteiger partial charge in [-0.1, -0.05) is 36.4 Å². The maximum Gasteiger partial charge on any atom is 0.250 e. The van der Waals surface area contributed by atoms with Gasteiger partial charge in [0.25, 0.3) is 0 Å². The Labute approximate surface area is 168 Å². The van der Waals surface area contributed by atoms with Crippen LogP contribution >= 0.6 is 0 Å². The fourth-order valence-electron chi connectivity index (χ4n) is 6.21. The number of fused-ring (bicyclic) bond motifs is 7. The molecular formula is C23H21N3O3. The number of benzene rings is 2. The number of para-hydroxylation sites is 2. The van der Waals surface area contributed by atoms with Crippen molar-refractivity contribution < 1.29 is 14.4 Å². The summed E-state index contributed by atoms with van der Waals surface area (Å²) in [6, 6.07) is 15.0. The molecular weight excluding hydrogens is 366 g/mol. The molecule has 29 heavy (non-hydrogen) atoms. The number of anilines is 2. The lowest BCUT2D eigenvalue weighted by molar-refractivity contribution is -0.135. The lowest BCUT2D eigenvalue weighted by atomic mass is 9.75. The average molecular weight is 387 g/mol. The van der Waals surface area contributed by atoms with Crippen molar-refractivity contribution >= 4 is 29.1 Å². The van der Waals surface area contributed by atoms with Crippen LogP contribution in [-0.2, 0) is 19.9 Å². The van der Waals surface area contributed by atoms with E-state index in [1.165, 1.54) is 4.90 Å². The molecule has 0 radical (unpaired) electrons. The topological polar surface area (TPSA) is 69.7 Å². The molecule has 3 saturated heterocycles. The molecule has 4 atom stereocenters. The van der Waals surface area contributed by atoms with E-state index >= 15 is 0 Å². The standard InChI is InChI=1S/C23H21N3O3/c1-13-7-2-5-10-16(13)26-20(27)18-17-11-6-12-25(17)23(19(18)21(26)28)14-8-3-4-9-15(14)24-22(23)29/h2-5,7-10,17-19H,6,11-12H2,1H3,(H,24,29)/t17-,18+,19-,23+/m0/s1. The number of imide groups is 1. The van der Waals surface area contributed by atoms with Gasteiger partial charge >= 0.3 is 0 Å². The summed E-state index contributed by atoms with van der Waals surface area (Å²) in [7, 11) is 0. The van der Waals surface area contributed by atoms with E-state index in [4.69, 9.17) is 0 Å². The van der Waals surface area contributed by atoms with Crippen LogP contribution in [0.4, 0.5) is 11.4 Å². The van der Waals surface area contributed by atoms with Crippen LogP contribution in [0.25, 0.3) is 0 Å². The highest BCUT2D eigenvalue weighted by Crippen LogP contribution is 2.60. The van der Waals surface area contributed by atoms with Gasteiger partial charge in [-0.15, -0.1) is 0 Å². The third kappa shape index (κ3) is 1.83. The largest absolute Gasteiger partial charge is 0.324 e. The van der Waals surface area contributed by atoms with Gasteiger partial charge in [-0.05, 0) is 44.0 Å². The van der Waals surface area contributed by atoms with Gasteiger partial charge in [-0.2, -0.15) is 0 Å². The zero-order chi connectivity index (χ0) is 19.9. The molecule has 0 saturated carbocycles. The minimum absolute atomic E-state index is 0.0811. The number of nitrogens with zero attached hydrogens (tertiary/aromatic N) is 2. The molecule has 6 rings (SSSR count). The fraction of sp³-hybridized carbons (Fsp3) is 0.348. The first-order chi connectivity index (χ1) is 14.1. The Morgan fingerprint density at radius 3 is 2.59 bits per heavy atom. The van der Waals surface area contributed by atoms with Crippen LogP contribution in [0.2, 0.25) is 0 Å². The summed E-state index contributed by atoms with van der Waals surface area (Å²) in [5.41, 5.74) is 1.99.